The number of amides is 1. The zero-order chi connectivity index (χ0) is 17.5. The fraction of sp³-hybridized carbons (Fsp3) is 0.625. The van der Waals surface area contributed by atoms with Crippen molar-refractivity contribution in [3.63, 3.8) is 0 Å². The fourth-order valence-electron chi connectivity index (χ4n) is 2.44. The number of carbonyl (C=O) groups excluding carboxylic acids is 1. The highest BCUT2D eigenvalue weighted by atomic mass is 16.5. The third-order valence-electron chi connectivity index (χ3n) is 3.82. The molecule has 8 nitrogen and oxygen atoms in total. The average Bonchev–Trinajstić information content (AvgIpc) is 2.58. The van der Waals surface area contributed by atoms with E-state index in [1.54, 1.807) is 18.7 Å². The Morgan fingerprint density at radius 1 is 1.46 bits per heavy atom. The van der Waals surface area contributed by atoms with E-state index < -0.39 is 6.10 Å². The summed E-state index contributed by atoms with van der Waals surface area (Å²) in [4.78, 5) is 24.5. The molecule has 0 aromatic carbocycles. The monoisotopic (exact) mass is 333 g/mol. The van der Waals surface area contributed by atoms with Crippen molar-refractivity contribution in [1.82, 2.24) is 14.9 Å². The Morgan fingerprint density at radius 2 is 2.17 bits per heavy atom. The summed E-state index contributed by atoms with van der Waals surface area (Å²) in [7, 11) is 0. The zero-order valence-electron chi connectivity index (χ0n) is 14.1. The first kappa shape index (κ1) is 18.1. The molecular formula is C16H23N5O3. The lowest BCUT2D eigenvalue weighted by Gasteiger charge is -2.34. The summed E-state index contributed by atoms with van der Waals surface area (Å²) >= 11 is 0. The van der Waals surface area contributed by atoms with Crippen LogP contribution in [0.1, 0.15) is 24.6 Å². The molecule has 1 unspecified atom stereocenters. The minimum absolute atomic E-state index is 0.0529. The molecule has 0 spiro atoms. The maximum Gasteiger partial charge on any atom is 0.225 e. The summed E-state index contributed by atoms with van der Waals surface area (Å²) in [5.74, 6) is 0.649. The van der Waals surface area contributed by atoms with Crippen LogP contribution in [0.5, 0.6) is 0 Å². The van der Waals surface area contributed by atoms with Crippen molar-refractivity contribution in [1.29, 1.82) is 5.26 Å². The number of aliphatic hydroxyl groups excluding tert-OH is 1. The zero-order valence-corrected chi connectivity index (χ0v) is 14.1. The van der Waals surface area contributed by atoms with E-state index in [9.17, 15) is 4.79 Å². The van der Waals surface area contributed by atoms with E-state index in [1.165, 1.54) is 6.20 Å². The molecule has 1 aromatic rings. The second-order valence-corrected chi connectivity index (χ2v) is 5.82. The predicted molar refractivity (Wildman–Crippen MR) is 87.4 cm³/mol. The topological polar surface area (TPSA) is 103 Å². The number of hydrogen-bond acceptors (Lipinski definition) is 7. The van der Waals surface area contributed by atoms with Gasteiger partial charge in [-0.05, 0) is 13.8 Å². The summed E-state index contributed by atoms with van der Waals surface area (Å²) < 4.78 is 5.23. The molecular weight excluding hydrogens is 310 g/mol. The number of rotatable bonds is 6. The summed E-state index contributed by atoms with van der Waals surface area (Å²) in [6.45, 7) is 6.54. The number of ether oxygens (including phenoxy) is 1. The molecule has 130 valence electrons. The van der Waals surface area contributed by atoms with Crippen LogP contribution in [-0.2, 0) is 9.53 Å². The molecule has 1 aromatic heterocycles. The number of aromatic nitrogens is 2. The van der Waals surface area contributed by atoms with Gasteiger partial charge < -0.3 is 19.6 Å². The molecule has 0 bridgehead atoms. The quantitative estimate of drug-likeness (QED) is 0.736. The second-order valence-electron chi connectivity index (χ2n) is 5.82. The minimum atomic E-state index is -0.514. The summed E-state index contributed by atoms with van der Waals surface area (Å²) in [6, 6.07) is 2.05. The highest BCUT2D eigenvalue weighted by Crippen LogP contribution is 2.13. The van der Waals surface area contributed by atoms with Crippen molar-refractivity contribution in [3.05, 3.63) is 17.5 Å². The molecule has 8 heteroatoms. The maximum atomic E-state index is 12.1. The van der Waals surface area contributed by atoms with Crippen LogP contribution in [0.4, 0.5) is 5.95 Å². The summed E-state index contributed by atoms with van der Waals surface area (Å²) in [6.07, 6.45) is 1.34. The molecule has 1 saturated heterocycles. The standard InChI is InChI=1S/C16H23N5O3/c1-12(22)11-24-8-3-15(23)20-4-6-21(7-5-20)16-18-10-14(9-17)13(2)19-16/h10,12,22H,3-8,11H2,1-2H3. The number of anilines is 1. The first-order chi connectivity index (χ1) is 11.5. The van der Waals surface area contributed by atoms with Crippen molar-refractivity contribution < 1.29 is 14.6 Å². The molecule has 1 fully saturated rings. The maximum absolute atomic E-state index is 12.1. The third kappa shape index (κ3) is 4.88. The van der Waals surface area contributed by atoms with Gasteiger partial charge >= 0.3 is 0 Å². The van der Waals surface area contributed by atoms with Gasteiger partial charge in [0, 0.05) is 26.2 Å². The largest absolute Gasteiger partial charge is 0.391 e. The molecule has 1 N–H and O–H groups in total. The van der Waals surface area contributed by atoms with Gasteiger partial charge in [0.1, 0.15) is 6.07 Å². The van der Waals surface area contributed by atoms with Gasteiger partial charge in [0.15, 0.2) is 0 Å². The van der Waals surface area contributed by atoms with E-state index >= 15 is 0 Å². The highest BCUT2D eigenvalue weighted by molar-refractivity contribution is 5.76. The number of aryl methyl sites for hydroxylation is 1. The van der Waals surface area contributed by atoms with Gasteiger partial charge in [0.2, 0.25) is 11.9 Å². The second kappa shape index (κ2) is 8.57. The van der Waals surface area contributed by atoms with Gasteiger partial charge in [-0.15, -0.1) is 0 Å². The highest BCUT2D eigenvalue weighted by Gasteiger charge is 2.22. The van der Waals surface area contributed by atoms with Crippen LogP contribution >= 0.6 is 0 Å². The van der Waals surface area contributed by atoms with Crippen molar-refractivity contribution >= 4 is 11.9 Å². The molecule has 0 aliphatic carbocycles. The van der Waals surface area contributed by atoms with Crippen LogP contribution in [0.2, 0.25) is 0 Å². The summed E-state index contributed by atoms with van der Waals surface area (Å²) in [5, 5.41) is 18.0. The molecule has 24 heavy (non-hydrogen) atoms. The molecule has 1 aliphatic heterocycles. The van der Waals surface area contributed by atoms with Crippen LogP contribution in [0.25, 0.3) is 0 Å². The molecule has 2 heterocycles. The lowest BCUT2D eigenvalue weighted by Crippen LogP contribution is -2.49. The molecule has 1 amide bonds. The lowest BCUT2D eigenvalue weighted by atomic mass is 10.2. The number of piperazine rings is 1. The van der Waals surface area contributed by atoms with Gasteiger partial charge in [-0.2, -0.15) is 5.26 Å². The third-order valence-corrected chi connectivity index (χ3v) is 3.82. The van der Waals surface area contributed by atoms with E-state index in [1.807, 2.05) is 4.90 Å². The number of hydrogen-bond donors (Lipinski definition) is 1. The van der Waals surface area contributed by atoms with Gasteiger partial charge in [0.05, 0.1) is 43.2 Å². The number of nitriles is 1. The van der Waals surface area contributed by atoms with Crippen molar-refractivity contribution in [3.8, 4) is 6.07 Å². The van der Waals surface area contributed by atoms with Crippen LogP contribution in [0.15, 0.2) is 6.20 Å². The number of nitrogens with zero attached hydrogens (tertiary/aromatic N) is 5. The van der Waals surface area contributed by atoms with Crippen LogP contribution in [0.3, 0.4) is 0 Å². The normalized spacial score (nSPS) is 15.9. The van der Waals surface area contributed by atoms with Crippen molar-refractivity contribution in [2.24, 2.45) is 0 Å². The van der Waals surface area contributed by atoms with Crippen LogP contribution in [0, 0.1) is 18.3 Å². The first-order valence-electron chi connectivity index (χ1n) is 8.03. The Balaban J connectivity index is 1.79. The van der Waals surface area contributed by atoms with Crippen molar-refractivity contribution in [2.75, 3.05) is 44.3 Å². The number of carbonyl (C=O) groups is 1. The Bertz CT molecular complexity index is 606. The van der Waals surface area contributed by atoms with Gasteiger partial charge in [0.25, 0.3) is 0 Å². The van der Waals surface area contributed by atoms with E-state index in [4.69, 9.17) is 15.1 Å². The molecule has 0 radical (unpaired) electrons. The molecule has 2 rings (SSSR count). The van der Waals surface area contributed by atoms with E-state index in [2.05, 4.69) is 16.0 Å². The Hall–Kier alpha value is -2.24. The van der Waals surface area contributed by atoms with Gasteiger partial charge in [-0.3, -0.25) is 4.79 Å². The van der Waals surface area contributed by atoms with E-state index in [0.29, 0.717) is 56.4 Å². The van der Waals surface area contributed by atoms with Gasteiger partial charge in [-0.1, -0.05) is 0 Å². The van der Waals surface area contributed by atoms with Crippen LogP contribution < -0.4 is 4.90 Å². The summed E-state index contributed by atoms with van der Waals surface area (Å²) in [5.41, 5.74) is 1.14. The Morgan fingerprint density at radius 3 is 2.75 bits per heavy atom. The van der Waals surface area contributed by atoms with Crippen molar-refractivity contribution in [2.45, 2.75) is 26.4 Å². The van der Waals surface area contributed by atoms with E-state index in [-0.39, 0.29) is 12.5 Å². The van der Waals surface area contributed by atoms with E-state index in [0.717, 1.165) is 0 Å². The minimum Gasteiger partial charge on any atom is -0.391 e. The molecule has 1 atom stereocenters. The molecule has 1 aliphatic rings. The molecule has 0 saturated carbocycles. The first-order valence-corrected chi connectivity index (χ1v) is 8.03. The predicted octanol–water partition coefficient (Wildman–Crippen LogP) is 0.0928. The van der Waals surface area contributed by atoms with Gasteiger partial charge in [-0.25, -0.2) is 9.97 Å². The number of aliphatic hydroxyl groups is 1. The average molecular weight is 333 g/mol. The van der Waals surface area contributed by atoms with Crippen LogP contribution in [-0.4, -0.2) is 71.4 Å². The lowest BCUT2D eigenvalue weighted by molar-refractivity contribution is -0.132. The Kier molecular flexibility index (Phi) is 6.46. The SMILES string of the molecule is Cc1nc(N2CCN(C(=O)CCOCC(C)O)CC2)ncc1C#N. The fourth-order valence-corrected chi connectivity index (χ4v) is 2.44. The smallest absolute Gasteiger partial charge is 0.225 e. The Labute approximate surface area is 141 Å².